The van der Waals surface area contributed by atoms with Gasteiger partial charge in [0.05, 0.1) is 0 Å². The molecule has 0 aliphatic carbocycles. The van der Waals surface area contributed by atoms with Crippen molar-refractivity contribution in [3.8, 4) is 11.3 Å². The molecule has 0 aliphatic heterocycles. The number of nitrogens with one attached hydrogen (secondary N) is 1. The SMILES string of the molecule is Cc1ccc(-c2ocnc2C(=O)NCCCO)cc1. The molecule has 5 nitrogen and oxygen atoms in total. The number of carbonyl (C=O) groups excluding carboxylic acids is 1. The first-order valence-electron chi connectivity index (χ1n) is 6.12. The second-order valence-corrected chi connectivity index (χ2v) is 4.23. The molecule has 1 aromatic heterocycles. The Kier molecular flexibility index (Phi) is 4.30. The van der Waals surface area contributed by atoms with E-state index in [1.807, 2.05) is 31.2 Å². The number of hydrogen-bond donors (Lipinski definition) is 2. The summed E-state index contributed by atoms with van der Waals surface area (Å²) < 4.78 is 5.30. The van der Waals surface area contributed by atoms with Crippen LogP contribution in [-0.2, 0) is 0 Å². The highest BCUT2D eigenvalue weighted by Crippen LogP contribution is 2.23. The quantitative estimate of drug-likeness (QED) is 0.803. The molecule has 0 aliphatic rings. The van der Waals surface area contributed by atoms with Gasteiger partial charge in [-0.15, -0.1) is 0 Å². The molecule has 2 N–H and O–H groups in total. The van der Waals surface area contributed by atoms with E-state index in [1.165, 1.54) is 6.39 Å². The first-order valence-corrected chi connectivity index (χ1v) is 6.12. The Morgan fingerprint density at radius 3 is 2.79 bits per heavy atom. The summed E-state index contributed by atoms with van der Waals surface area (Å²) in [5.74, 6) is 0.166. The Morgan fingerprint density at radius 1 is 1.37 bits per heavy atom. The van der Waals surface area contributed by atoms with E-state index < -0.39 is 0 Å². The smallest absolute Gasteiger partial charge is 0.273 e. The molecule has 0 atom stereocenters. The summed E-state index contributed by atoms with van der Waals surface area (Å²) in [7, 11) is 0. The number of nitrogens with zero attached hydrogens (tertiary/aromatic N) is 1. The Labute approximate surface area is 111 Å². The fourth-order valence-electron chi connectivity index (χ4n) is 1.68. The van der Waals surface area contributed by atoms with Gasteiger partial charge in [0.2, 0.25) is 0 Å². The maximum atomic E-state index is 11.9. The van der Waals surface area contributed by atoms with Crippen LogP contribution >= 0.6 is 0 Å². The van der Waals surface area contributed by atoms with Crippen molar-refractivity contribution in [3.05, 3.63) is 41.9 Å². The van der Waals surface area contributed by atoms with E-state index in [2.05, 4.69) is 10.3 Å². The van der Waals surface area contributed by atoms with Crippen molar-refractivity contribution in [2.45, 2.75) is 13.3 Å². The highest BCUT2D eigenvalue weighted by atomic mass is 16.3. The zero-order valence-electron chi connectivity index (χ0n) is 10.7. The molecule has 0 radical (unpaired) electrons. The number of aromatic nitrogens is 1. The van der Waals surface area contributed by atoms with Gasteiger partial charge < -0.3 is 14.8 Å². The molecular weight excluding hydrogens is 244 g/mol. The van der Waals surface area contributed by atoms with Crippen molar-refractivity contribution in [1.29, 1.82) is 0 Å². The Morgan fingerprint density at radius 2 is 2.11 bits per heavy atom. The number of benzene rings is 1. The molecule has 19 heavy (non-hydrogen) atoms. The molecule has 0 spiro atoms. The molecule has 2 rings (SSSR count). The second kappa shape index (κ2) is 6.15. The summed E-state index contributed by atoms with van der Waals surface area (Å²) in [6.45, 7) is 2.45. The lowest BCUT2D eigenvalue weighted by Gasteiger charge is -2.03. The van der Waals surface area contributed by atoms with Crippen molar-refractivity contribution >= 4 is 5.91 Å². The van der Waals surface area contributed by atoms with E-state index >= 15 is 0 Å². The third-order valence-corrected chi connectivity index (χ3v) is 2.72. The fraction of sp³-hybridized carbons (Fsp3) is 0.286. The molecule has 0 bridgehead atoms. The minimum atomic E-state index is -0.294. The van der Waals surface area contributed by atoms with E-state index in [4.69, 9.17) is 9.52 Å². The Hall–Kier alpha value is -2.14. The highest BCUT2D eigenvalue weighted by molar-refractivity contribution is 5.97. The van der Waals surface area contributed by atoms with Gasteiger partial charge in [-0.3, -0.25) is 4.79 Å². The van der Waals surface area contributed by atoms with Gasteiger partial charge in [-0.2, -0.15) is 0 Å². The Bertz CT molecular complexity index is 546. The van der Waals surface area contributed by atoms with Gasteiger partial charge in [0.25, 0.3) is 5.91 Å². The van der Waals surface area contributed by atoms with Crippen LogP contribution < -0.4 is 5.32 Å². The average Bonchev–Trinajstić information content (AvgIpc) is 2.89. The summed E-state index contributed by atoms with van der Waals surface area (Å²) in [5, 5.41) is 11.4. The zero-order chi connectivity index (χ0) is 13.7. The van der Waals surface area contributed by atoms with E-state index in [9.17, 15) is 4.79 Å². The third-order valence-electron chi connectivity index (χ3n) is 2.72. The number of oxazole rings is 1. The average molecular weight is 260 g/mol. The van der Waals surface area contributed by atoms with Gasteiger partial charge >= 0.3 is 0 Å². The topological polar surface area (TPSA) is 75.4 Å². The lowest BCUT2D eigenvalue weighted by Crippen LogP contribution is -2.25. The minimum absolute atomic E-state index is 0.0456. The standard InChI is InChI=1S/C14H16N2O3/c1-10-3-5-11(6-4-10)13-12(16-9-19-13)14(18)15-7-2-8-17/h3-6,9,17H,2,7-8H2,1H3,(H,15,18). The van der Waals surface area contributed by atoms with Crippen LogP contribution in [0, 0.1) is 6.92 Å². The van der Waals surface area contributed by atoms with Gasteiger partial charge in [0, 0.05) is 18.7 Å². The predicted molar refractivity (Wildman–Crippen MR) is 70.7 cm³/mol. The van der Waals surface area contributed by atoms with Crippen LogP contribution in [0.1, 0.15) is 22.5 Å². The number of amides is 1. The van der Waals surface area contributed by atoms with Crippen molar-refractivity contribution < 1.29 is 14.3 Å². The van der Waals surface area contributed by atoms with Crippen molar-refractivity contribution in [1.82, 2.24) is 10.3 Å². The second-order valence-electron chi connectivity index (χ2n) is 4.23. The number of carbonyl (C=O) groups is 1. The molecule has 100 valence electrons. The minimum Gasteiger partial charge on any atom is -0.443 e. The summed E-state index contributed by atoms with van der Waals surface area (Å²) in [6, 6.07) is 7.68. The molecule has 0 saturated carbocycles. The van der Waals surface area contributed by atoms with Gasteiger partial charge in [-0.25, -0.2) is 4.98 Å². The van der Waals surface area contributed by atoms with Crippen LogP contribution in [0.4, 0.5) is 0 Å². The van der Waals surface area contributed by atoms with Gasteiger partial charge in [0.1, 0.15) is 0 Å². The summed E-state index contributed by atoms with van der Waals surface area (Å²) in [5.41, 5.74) is 2.22. The lowest BCUT2D eigenvalue weighted by molar-refractivity contribution is 0.0947. The van der Waals surface area contributed by atoms with Crippen LogP contribution in [0.5, 0.6) is 0 Å². The number of aliphatic hydroxyl groups excluding tert-OH is 1. The van der Waals surface area contributed by atoms with Gasteiger partial charge in [0.15, 0.2) is 17.8 Å². The van der Waals surface area contributed by atoms with Crippen molar-refractivity contribution in [2.24, 2.45) is 0 Å². The van der Waals surface area contributed by atoms with Crippen LogP contribution in [0.2, 0.25) is 0 Å². The molecule has 5 heteroatoms. The predicted octanol–water partition coefficient (Wildman–Crippen LogP) is 1.76. The molecule has 1 heterocycles. The number of aliphatic hydroxyl groups is 1. The van der Waals surface area contributed by atoms with E-state index in [0.29, 0.717) is 18.7 Å². The Balaban J connectivity index is 2.17. The molecule has 0 fully saturated rings. The van der Waals surface area contributed by atoms with E-state index in [1.54, 1.807) is 0 Å². The van der Waals surface area contributed by atoms with Crippen LogP contribution in [0.25, 0.3) is 11.3 Å². The van der Waals surface area contributed by atoms with Crippen molar-refractivity contribution in [2.75, 3.05) is 13.2 Å². The highest BCUT2D eigenvalue weighted by Gasteiger charge is 2.17. The third kappa shape index (κ3) is 3.20. The monoisotopic (exact) mass is 260 g/mol. The number of hydrogen-bond acceptors (Lipinski definition) is 4. The molecule has 2 aromatic rings. The molecule has 0 saturated heterocycles. The summed E-state index contributed by atoms with van der Waals surface area (Å²) in [4.78, 5) is 15.9. The number of aryl methyl sites for hydroxylation is 1. The first-order chi connectivity index (χ1) is 9.22. The van der Waals surface area contributed by atoms with E-state index in [0.717, 1.165) is 11.1 Å². The van der Waals surface area contributed by atoms with Gasteiger partial charge in [-0.1, -0.05) is 29.8 Å². The van der Waals surface area contributed by atoms with Crippen molar-refractivity contribution in [3.63, 3.8) is 0 Å². The van der Waals surface area contributed by atoms with Gasteiger partial charge in [-0.05, 0) is 13.3 Å². The van der Waals surface area contributed by atoms with Crippen LogP contribution in [0.15, 0.2) is 35.1 Å². The molecular formula is C14H16N2O3. The first kappa shape index (κ1) is 13.3. The summed E-state index contributed by atoms with van der Waals surface area (Å²) >= 11 is 0. The molecule has 1 aromatic carbocycles. The molecule has 1 amide bonds. The number of rotatable bonds is 5. The largest absolute Gasteiger partial charge is 0.443 e. The maximum Gasteiger partial charge on any atom is 0.273 e. The lowest BCUT2D eigenvalue weighted by atomic mass is 10.1. The normalized spacial score (nSPS) is 10.4. The zero-order valence-corrected chi connectivity index (χ0v) is 10.7. The summed E-state index contributed by atoms with van der Waals surface area (Å²) in [6.07, 6.45) is 1.78. The fourth-order valence-corrected chi connectivity index (χ4v) is 1.68. The molecule has 0 unspecified atom stereocenters. The van der Waals surface area contributed by atoms with Crippen LogP contribution in [0.3, 0.4) is 0 Å². The van der Waals surface area contributed by atoms with E-state index in [-0.39, 0.29) is 18.2 Å². The maximum absolute atomic E-state index is 11.9. The van der Waals surface area contributed by atoms with Crippen LogP contribution in [-0.4, -0.2) is 29.1 Å².